The molecule has 0 saturated carbocycles. The summed E-state index contributed by atoms with van der Waals surface area (Å²) < 4.78 is 10.6. The zero-order valence-electron chi connectivity index (χ0n) is 9.33. The van der Waals surface area contributed by atoms with Crippen molar-refractivity contribution >= 4 is 11.6 Å². The molecule has 0 aliphatic carbocycles. The second-order valence-corrected chi connectivity index (χ2v) is 4.34. The van der Waals surface area contributed by atoms with Crippen LogP contribution >= 0.6 is 0 Å². The van der Waals surface area contributed by atoms with Crippen LogP contribution in [0.4, 0.5) is 0 Å². The first-order chi connectivity index (χ1) is 7.75. The smallest absolute Gasteiger partial charge is 0.249 e. The lowest BCUT2D eigenvalue weighted by Gasteiger charge is -2.27. The lowest BCUT2D eigenvalue weighted by Crippen LogP contribution is -2.46. The van der Waals surface area contributed by atoms with Crippen LogP contribution in [0, 0.1) is 5.41 Å². The minimum Gasteiger partial charge on any atom is -0.381 e. The van der Waals surface area contributed by atoms with Crippen molar-refractivity contribution in [1.29, 1.82) is 5.41 Å². The molecule has 2 fully saturated rings. The van der Waals surface area contributed by atoms with Crippen LogP contribution in [0.5, 0.6) is 0 Å². The van der Waals surface area contributed by atoms with Crippen LogP contribution in [0.2, 0.25) is 0 Å². The van der Waals surface area contributed by atoms with E-state index in [-0.39, 0.29) is 18.1 Å². The summed E-state index contributed by atoms with van der Waals surface area (Å²) in [5.74, 6) is -0.0283. The van der Waals surface area contributed by atoms with E-state index in [1.807, 2.05) is 0 Å². The molecule has 0 aromatic heterocycles. The van der Waals surface area contributed by atoms with Gasteiger partial charge >= 0.3 is 0 Å². The van der Waals surface area contributed by atoms with Gasteiger partial charge in [0, 0.05) is 25.0 Å². The van der Waals surface area contributed by atoms with Crippen molar-refractivity contribution in [3.05, 3.63) is 0 Å². The van der Waals surface area contributed by atoms with E-state index in [2.05, 4.69) is 5.32 Å². The van der Waals surface area contributed by atoms with Gasteiger partial charge in [0.1, 0.15) is 6.10 Å². The van der Waals surface area contributed by atoms with E-state index >= 15 is 0 Å². The minimum absolute atomic E-state index is 0.0283. The van der Waals surface area contributed by atoms with Gasteiger partial charge in [-0.25, -0.2) is 0 Å². The first-order valence-electron chi connectivity index (χ1n) is 5.82. The van der Waals surface area contributed by atoms with Crippen molar-refractivity contribution in [3.8, 4) is 0 Å². The molecule has 0 aromatic rings. The Balaban J connectivity index is 1.76. The highest BCUT2D eigenvalue weighted by molar-refractivity contribution is 5.87. The Bertz CT molecular complexity index is 264. The fourth-order valence-corrected chi connectivity index (χ4v) is 2.00. The largest absolute Gasteiger partial charge is 0.381 e. The molecule has 0 bridgehead atoms. The Kier molecular flexibility index (Phi) is 3.90. The number of rotatable bonds is 2. The van der Waals surface area contributed by atoms with Gasteiger partial charge in [-0.05, 0) is 25.7 Å². The van der Waals surface area contributed by atoms with E-state index in [1.165, 1.54) is 0 Å². The van der Waals surface area contributed by atoms with Crippen molar-refractivity contribution in [1.82, 2.24) is 5.32 Å². The Morgan fingerprint density at radius 3 is 2.69 bits per heavy atom. The minimum atomic E-state index is -0.364. The summed E-state index contributed by atoms with van der Waals surface area (Å²) in [6.07, 6.45) is 2.71. The highest BCUT2D eigenvalue weighted by atomic mass is 16.5. The average molecular weight is 226 g/mol. The lowest BCUT2D eigenvalue weighted by molar-refractivity contribution is -0.134. The third-order valence-electron chi connectivity index (χ3n) is 3.03. The van der Waals surface area contributed by atoms with E-state index < -0.39 is 0 Å². The molecule has 0 aromatic carbocycles. The molecule has 2 rings (SSSR count). The summed E-state index contributed by atoms with van der Waals surface area (Å²) >= 11 is 0. The number of nitrogens with one attached hydrogen (secondary N) is 2. The van der Waals surface area contributed by atoms with Gasteiger partial charge in [-0.2, -0.15) is 0 Å². The van der Waals surface area contributed by atoms with Gasteiger partial charge < -0.3 is 20.2 Å². The Morgan fingerprint density at radius 1 is 1.31 bits per heavy atom. The summed E-state index contributed by atoms with van der Waals surface area (Å²) in [5.41, 5.74) is 0.579. The summed E-state index contributed by atoms with van der Waals surface area (Å²) in [6.45, 7) is 1.74. The molecular formula is C11H18N2O3. The monoisotopic (exact) mass is 226 g/mol. The molecule has 1 amide bonds. The molecule has 2 aliphatic heterocycles. The normalized spacial score (nSPS) is 27.8. The summed E-state index contributed by atoms with van der Waals surface area (Å²) in [6, 6.07) is 0.228. The summed E-state index contributed by atoms with van der Waals surface area (Å²) in [4.78, 5) is 11.8. The highest BCUT2D eigenvalue weighted by Gasteiger charge is 2.26. The number of carbonyl (C=O) groups is 1. The number of carbonyl (C=O) groups excluding carboxylic acids is 1. The van der Waals surface area contributed by atoms with Crippen molar-refractivity contribution in [3.63, 3.8) is 0 Å². The molecule has 1 atom stereocenters. The van der Waals surface area contributed by atoms with Gasteiger partial charge in [0.05, 0.1) is 6.61 Å². The average Bonchev–Trinajstić information content (AvgIpc) is 2.31. The number of hydrogen-bond donors (Lipinski definition) is 2. The third kappa shape index (κ3) is 3.02. The lowest BCUT2D eigenvalue weighted by atomic mass is 10.1. The number of amides is 1. The summed E-state index contributed by atoms with van der Waals surface area (Å²) in [5, 5.41) is 10.4. The zero-order valence-corrected chi connectivity index (χ0v) is 9.33. The Hall–Kier alpha value is -0.940. The molecule has 16 heavy (non-hydrogen) atoms. The number of ether oxygens (including phenoxy) is 2. The van der Waals surface area contributed by atoms with Crippen LogP contribution in [-0.4, -0.2) is 43.6 Å². The van der Waals surface area contributed by atoms with E-state index in [4.69, 9.17) is 14.9 Å². The molecule has 5 nitrogen and oxygen atoms in total. The van der Waals surface area contributed by atoms with Gasteiger partial charge in [-0.1, -0.05) is 0 Å². The van der Waals surface area contributed by atoms with Crippen LogP contribution < -0.4 is 5.32 Å². The maximum Gasteiger partial charge on any atom is 0.249 e. The van der Waals surface area contributed by atoms with Gasteiger partial charge in [0.15, 0.2) is 0 Å². The van der Waals surface area contributed by atoms with Gasteiger partial charge in [0.25, 0.3) is 0 Å². The predicted octanol–water partition coefficient (Wildman–Crippen LogP) is 0.480. The van der Waals surface area contributed by atoms with E-state index in [1.54, 1.807) is 0 Å². The molecule has 2 N–H and O–H groups in total. The quantitative estimate of drug-likeness (QED) is 0.719. The fraction of sp³-hybridized carbons (Fsp3) is 0.818. The topological polar surface area (TPSA) is 71.4 Å². The van der Waals surface area contributed by atoms with Crippen LogP contribution in [0.3, 0.4) is 0 Å². The van der Waals surface area contributed by atoms with Crippen molar-refractivity contribution in [2.24, 2.45) is 0 Å². The first kappa shape index (κ1) is 11.5. The molecule has 0 spiro atoms. The maximum atomic E-state index is 11.8. The molecule has 5 heteroatoms. The Labute approximate surface area is 95.0 Å². The number of hydrogen-bond acceptors (Lipinski definition) is 4. The van der Waals surface area contributed by atoms with Crippen molar-refractivity contribution in [2.45, 2.75) is 37.8 Å². The SMILES string of the molecule is N=C1CC[C@@H](C(=O)NC2CCOCC2)OC1. The molecule has 0 unspecified atom stereocenters. The molecular weight excluding hydrogens is 208 g/mol. The van der Waals surface area contributed by atoms with Crippen molar-refractivity contribution in [2.75, 3.05) is 19.8 Å². The van der Waals surface area contributed by atoms with Crippen LogP contribution in [0.1, 0.15) is 25.7 Å². The fourth-order valence-electron chi connectivity index (χ4n) is 2.00. The van der Waals surface area contributed by atoms with E-state index in [0.29, 0.717) is 25.2 Å². The third-order valence-corrected chi connectivity index (χ3v) is 3.03. The van der Waals surface area contributed by atoms with Crippen molar-refractivity contribution < 1.29 is 14.3 Å². The first-order valence-corrected chi connectivity index (χ1v) is 5.82. The van der Waals surface area contributed by atoms with Crippen LogP contribution in [0.25, 0.3) is 0 Å². The molecule has 2 heterocycles. The molecule has 0 radical (unpaired) electrons. The molecule has 90 valence electrons. The van der Waals surface area contributed by atoms with Gasteiger partial charge in [-0.3, -0.25) is 4.79 Å². The zero-order chi connectivity index (χ0) is 11.4. The second kappa shape index (κ2) is 5.41. The van der Waals surface area contributed by atoms with Gasteiger partial charge in [0.2, 0.25) is 5.91 Å². The van der Waals surface area contributed by atoms with E-state index in [0.717, 1.165) is 26.1 Å². The van der Waals surface area contributed by atoms with Crippen LogP contribution in [-0.2, 0) is 14.3 Å². The maximum absolute atomic E-state index is 11.8. The highest BCUT2D eigenvalue weighted by Crippen LogP contribution is 2.12. The summed E-state index contributed by atoms with van der Waals surface area (Å²) in [7, 11) is 0. The molecule has 2 saturated heterocycles. The Morgan fingerprint density at radius 2 is 2.06 bits per heavy atom. The predicted molar refractivity (Wildman–Crippen MR) is 58.7 cm³/mol. The van der Waals surface area contributed by atoms with Crippen LogP contribution in [0.15, 0.2) is 0 Å². The molecule has 2 aliphatic rings. The second-order valence-electron chi connectivity index (χ2n) is 4.34. The standard InChI is InChI=1S/C11H18N2O3/c12-8-1-2-10(16-7-8)11(14)13-9-3-5-15-6-4-9/h9-10,12H,1-7H2,(H,13,14)/t10-/m0/s1. The van der Waals surface area contributed by atoms with E-state index in [9.17, 15) is 4.79 Å². The van der Waals surface area contributed by atoms with Gasteiger partial charge in [-0.15, -0.1) is 0 Å².